The quantitative estimate of drug-likeness (QED) is 0.822. The van der Waals surface area contributed by atoms with E-state index in [0.29, 0.717) is 0 Å². The molecule has 0 atom stereocenters. The fourth-order valence-corrected chi connectivity index (χ4v) is 3.04. The van der Waals surface area contributed by atoms with Crippen LogP contribution in [0.15, 0.2) is 18.2 Å². The highest BCUT2D eigenvalue weighted by atomic mass is 16.5. The SMILES string of the molecule is COc1ccc2c(c1)OC1(CCCCCC1)CN2. The number of hydrogen-bond donors (Lipinski definition) is 1. The molecule has 0 unspecified atom stereocenters. The lowest BCUT2D eigenvalue weighted by atomic mass is 9.92. The Morgan fingerprint density at radius 1 is 1.17 bits per heavy atom. The summed E-state index contributed by atoms with van der Waals surface area (Å²) in [6.07, 6.45) is 7.57. The number of hydrogen-bond acceptors (Lipinski definition) is 3. The third-order valence-corrected chi connectivity index (χ3v) is 4.13. The van der Waals surface area contributed by atoms with Gasteiger partial charge in [-0.25, -0.2) is 0 Å². The molecular formula is C15H21NO2. The summed E-state index contributed by atoms with van der Waals surface area (Å²) in [6.45, 7) is 0.937. The first-order valence-corrected chi connectivity index (χ1v) is 6.92. The summed E-state index contributed by atoms with van der Waals surface area (Å²) >= 11 is 0. The molecule has 18 heavy (non-hydrogen) atoms. The van der Waals surface area contributed by atoms with Crippen molar-refractivity contribution in [1.29, 1.82) is 0 Å². The van der Waals surface area contributed by atoms with E-state index in [2.05, 4.69) is 5.32 Å². The van der Waals surface area contributed by atoms with Crippen LogP contribution in [0.4, 0.5) is 5.69 Å². The minimum absolute atomic E-state index is 0.00979. The zero-order valence-electron chi connectivity index (χ0n) is 11.0. The van der Waals surface area contributed by atoms with Crippen molar-refractivity contribution in [2.24, 2.45) is 0 Å². The first-order chi connectivity index (χ1) is 8.81. The summed E-state index contributed by atoms with van der Waals surface area (Å²) in [5, 5.41) is 3.52. The summed E-state index contributed by atoms with van der Waals surface area (Å²) in [4.78, 5) is 0. The fourth-order valence-electron chi connectivity index (χ4n) is 3.04. The summed E-state index contributed by atoms with van der Waals surface area (Å²) < 4.78 is 11.6. The Balaban J connectivity index is 1.86. The van der Waals surface area contributed by atoms with Gasteiger partial charge in [-0.3, -0.25) is 0 Å². The van der Waals surface area contributed by atoms with E-state index in [9.17, 15) is 0 Å². The van der Waals surface area contributed by atoms with Crippen molar-refractivity contribution in [2.75, 3.05) is 19.0 Å². The molecule has 0 amide bonds. The average molecular weight is 247 g/mol. The molecule has 1 spiro atoms. The van der Waals surface area contributed by atoms with Crippen LogP contribution in [-0.2, 0) is 0 Å². The molecule has 3 rings (SSSR count). The molecule has 0 saturated heterocycles. The fraction of sp³-hybridized carbons (Fsp3) is 0.600. The number of benzene rings is 1. The van der Waals surface area contributed by atoms with Crippen LogP contribution < -0.4 is 14.8 Å². The van der Waals surface area contributed by atoms with Gasteiger partial charge in [-0.1, -0.05) is 12.8 Å². The van der Waals surface area contributed by atoms with Gasteiger partial charge in [0, 0.05) is 6.07 Å². The van der Waals surface area contributed by atoms with E-state index in [-0.39, 0.29) is 5.60 Å². The third-order valence-electron chi connectivity index (χ3n) is 4.13. The monoisotopic (exact) mass is 247 g/mol. The molecule has 1 aromatic rings. The van der Waals surface area contributed by atoms with Crippen LogP contribution in [0.5, 0.6) is 11.5 Å². The highest BCUT2D eigenvalue weighted by Crippen LogP contribution is 2.40. The van der Waals surface area contributed by atoms with Crippen LogP contribution >= 0.6 is 0 Å². The van der Waals surface area contributed by atoms with Crippen molar-refractivity contribution in [3.8, 4) is 11.5 Å². The highest BCUT2D eigenvalue weighted by molar-refractivity contribution is 5.61. The molecule has 0 bridgehead atoms. The maximum atomic E-state index is 6.34. The van der Waals surface area contributed by atoms with E-state index in [1.54, 1.807) is 7.11 Å². The molecule has 1 saturated carbocycles. The first kappa shape index (κ1) is 11.7. The van der Waals surface area contributed by atoms with Gasteiger partial charge in [0.05, 0.1) is 19.3 Å². The molecule has 1 N–H and O–H groups in total. The Hall–Kier alpha value is -1.38. The topological polar surface area (TPSA) is 30.5 Å². The zero-order chi connectivity index (χ0) is 12.4. The predicted molar refractivity (Wildman–Crippen MR) is 72.5 cm³/mol. The van der Waals surface area contributed by atoms with E-state index < -0.39 is 0 Å². The second-order valence-corrected chi connectivity index (χ2v) is 5.41. The Bertz CT molecular complexity index is 423. The summed E-state index contributed by atoms with van der Waals surface area (Å²) in [5.41, 5.74) is 1.10. The van der Waals surface area contributed by atoms with Gasteiger partial charge in [0.25, 0.3) is 0 Å². The molecular weight excluding hydrogens is 226 g/mol. The van der Waals surface area contributed by atoms with Gasteiger partial charge < -0.3 is 14.8 Å². The number of ether oxygens (including phenoxy) is 2. The van der Waals surface area contributed by atoms with Gasteiger partial charge in [-0.2, -0.15) is 0 Å². The summed E-state index contributed by atoms with van der Waals surface area (Å²) in [7, 11) is 1.69. The van der Waals surface area contributed by atoms with Crippen LogP contribution in [-0.4, -0.2) is 19.3 Å². The van der Waals surface area contributed by atoms with Gasteiger partial charge in [-0.15, -0.1) is 0 Å². The number of fused-ring (bicyclic) bond motifs is 1. The van der Waals surface area contributed by atoms with E-state index in [1.807, 2.05) is 18.2 Å². The first-order valence-electron chi connectivity index (χ1n) is 6.92. The number of methoxy groups -OCH3 is 1. The van der Waals surface area contributed by atoms with Gasteiger partial charge in [0.1, 0.15) is 17.1 Å². The van der Waals surface area contributed by atoms with Crippen molar-refractivity contribution in [3.05, 3.63) is 18.2 Å². The van der Waals surface area contributed by atoms with Crippen LogP contribution in [0.2, 0.25) is 0 Å². The Morgan fingerprint density at radius 2 is 1.94 bits per heavy atom. The Labute approximate surface area is 108 Å². The molecule has 1 fully saturated rings. The average Bonchev–Trinajstić information content (AvgIpc) is 2.64. The largest absolute Gasteiger partial charge is 0.497 e. The highest BCUT2D eigenvalue weighted by Gasteiger charge is 2.36. The molecule has 1 aliphatic carbocycles. The lowest BCUT2D eigenvalue weighted by molar-refractivity contribution is 0.0590. The molecule has 3 heteroatoms. The van der Waals surface area contributed by atoms with Crippen LogP contribution in [0, 0.1) is 0 Å². The van der Waals surface area contributed by atoms with Crippen LogP contribution in [0.25, 0.3) is 0 Å². The molecule has 0 aromatic heterocycles. The lowest BCUT2D eigenvalue weighted by Gasteiger charge is -2.39. The Morgan fingerprint density at radius 3 is 2.67 bits per heavy atom. The minimum Gasteiger partial charge on any atom is -0.497 e. The van der Waals surface area contributed by atoms with Gasteiger partial charge >= 0.3 is 0 Å². The lowest BCUT2D eigenvalue weighted by Crippen LogP contribution is -2.45. The zero-order valence-corrected chi connectivity index (χ0v) is 11.0. The van der Waals surface area contributed by atoms with Crippen molar-refractivity contribution < 1.29 is 9.47 Å². The van der Waals surface area contributed by atoms with Crippen LogP contribution in [0.3, 0.4) is 0 Å². The molecule has 1 heterocycles. The number of nitrogens with one attached hydrogen (secondary N) is 1. The molecule has 1 aliphatic heterocycles. The molecule has 0 radical (unpaired) electrons. The summed E-state index contributed by atoms with van der Waals surface area (Å²) in [6, 6.07) is 6.01. The molecule has 1 aromatic carbocycles. The number of anilines is 1. The number of rotatable bonds is 1. The van der Waals surface area contributed by atoms with E-state index in [1.165, 1.54) is 25.7 Å². The smallest absolute Gasteiger partial charge is 0.147 e. The van der Waals surface area contributed by atoms with Crippen molar-refractivity contribution in [3.63, 3.8) is 0 Å². The second kappa shape index (κ2) is 4.71. The van der Waals surface area contributed by atoms with Crippen LogP contribution in [0.1, 0.15) is 38.5 Å². The van der Waals surface area contributed by atoms with Crippen molar-refractivity contribution in [1.82, 2.24) is 0 Å². The standard InChI is InChI=1S/C15H21NO2/c1-17-12-6-7-13-14(10-12)18-15(11-16-13)8-4-2-3-5-9-15/h6-7,10,16H,2-5,8-9,11H2,1H3. The Kier molecular flexibility index (Phi) is 3.06. The maximum Gasteiger partial charge on any atom is 0.147 e. The minimum atomic E-state index is 0.00979. The second-order valence-electron chi connectivity index (χ2n) is 5.41. The van der Waals surface area contributed by atoms with Crippen molar-refractivity contribution in [2.45, 2.75) is 44.1 Å². The predicted octanol–water partition coefficient (Wildman–Crippen LogP) is 3.59. The normalized spacial score (nSPS) is 21.4. The third kappa shape index (κ3) is 2.14. The summed E-state index contributed by atoms with van der Waals surface area (Å²) in [5.74, 6) is 1.81. The molecule has 3 nitrogen and oxygen atoms in total. The maximum absolute atomic E-state index is 6.34. The van der Waals surface area contributed by atoms with Gasteiger partial charge in [0.15, 0.2) is 0 Å². The van der Waals surface area contributed by atoms with E-state index in [4.69, 9.17) is 9.47 Å². The van der Waals surface area contributed by atoms with Gasteiger partial charge in [0.2, 0.25) is 0 Å². The molecule has 98 valence electrons. The molecule has 2 aliphatic rings. The van der Waals surface area contributed by atoms with E-state index in [0.717, 1.165) is 36.6 Å². The van der Waals surface area contributed by atoms with E-state index >= 15 is 0 Å². The van der Waals surface area contributed by atoms with Crippen molar-refractivity contribution >= 4 is 5.69 Å². The van der Waals surface area contributed by atoms with Gasteiger partial charge in [-0.05, 0) is 37.8 Å².